The SMILES string of the molecule is CCC(CCOc1ccc(-c2cc(F)c(-c3cc(F)c(C)c(F)c3)c(F)c2)c(F)c1)CCOc1ccc(-c2cc(F)c(-c3cc(F)c(OC(F)(F)F)c(F)c3)c(F)c2)c(F)c1. The maximum absolute atomic E-state index is 15.2. The van der Waals surface area contributed by atoms with Gasteiger partial charge in [-0.1, -0.05) is 13.3 Å². The van der Waals surface area contributed by atoms with Crippen molar-refractivity contribution in [3.05, 3.63) is 149 Å². The van der Waals surface area contributed by atoms with Gasteiger partial charge in [-0.3, -0.25) is 0 Å². The van der Waals surface area contributed by atoms with Crippen molar-refractivity contribution < 1.29 is 71.3 Å². The molecule has 1 unspecified atom stereocenters. The van der Waals surface area contributed by atoms with Crippen molar-refractivity contribution in [2.24, 2.45) is 5.92 Å². The molecule has 0 spiro atoms. The predicted octanol–water partition coefficient (Wildman–Crippen LogP) is 14.2. The van der Waals surface area contributed by atoms with Gasteiger partial charge in [0.15, 0.2) is 11.6 Å². The van der Waals surface area contributed by atoms with Crippen LogP contribution in [-0.2, 0) is 0 Å². The van der Waals surface area contributed by atoms with Crippen LogP contribution in [0, 0.1) is 71.0 Å². The van der Waals surface area contributed by atoms with Gasteiger partial charge in [0, 0.05) is 28.8 Å². The van der Waals surface area contributed by atoms with Gasteiger partial charge in [0.2, 0.25) is 5.75 Å². The molecule has 6 aromatic rings. The summed E-state index contributed by atoms with van der Waals surface area (Å²) >= 11 is 0. The Morgan fingerprint density at radius 1 is 0.459 bits per heavy atom. The fourth-order valence-corrected chi connectivity index (χ4v) is 6.59. The number of hydrogen-bond donors (Lipinski definition) is 0. The summed E-state index contributed by atoms with van der Waals surface area (Å²) in [5.74, 6) is -14.1. The summed E-state index contributed by atoms with van der Waals surface area (Å²) in [7, 11) is 0. The molecule has 320 valence electrons. The van der Waals surface area contributed by atoms with Crippen LogP contribution >= 0.6 is 0 Å². The average molecular weight is 867 g/mol. The lowest BCUT2D eigenvalue weighted by Crippen LogP contribution is -2.19. The van der Waals surface area contributed by atoms with E-state index in [1.807, 2.05) is 6.92 Å². The summed E-state index contributed by atoms with van der Waals surface area (Å²) < 4.78 is 199. The molecule has 6 rings (SSSR count). The van der Waals surface area contributed by atoms with E-state index in [4.69, 9.17) is 9.47 Å². The maximum atomic E-state index is 15.2. The fourth-order valence-electron chi connectivity index (χ4n) is 6.59. The molecule has 6 aromatic carbocycles. The molecule has 3 nitrogen and oxygen atoms in total. The quantitative estimate of drug-likeness (QED) is 0.102. The molecule has 0 saturated heterocycles. The number of alkyl halides is 3. The maximum Gasteiger partial charge on any atom is 0.573 e. The first-order valence-corrected chi connectivity index (χ1v) is 18.4. The predicted molar refractivity (Wildman–Crippen MR) is 200 cm³/mol. The summed E-state index contributed by atoms with van der Waals surface area (Å²) in [4.78, 5) is 0. The molecule has 0 fully saturated rings. The molecular weight excluding hydrogens is 835 g/mol. The topological polar surface area (TPSA) is 27.7 Å². The Labute approximate surface area is 339 Å². The summed E-state index contributed by atoms with van der Waals surface area (Å²) in [5, 5.41) is 0. The van der Waals surface area contributed by atoms with E-state index in [1.165, 1.54) is 31.2 Å². The van der Waals surface area contributed by atoms with E-state index in [9.17, 15) is 30.7 Å². The Kier molecular flexibility index (Phi) is 13.2. The molecule has 0 bridgehead atoms. The molecule has 1 atom stereocenters. The largest absolute Gasteiger partial charge is 0.573 e. The highest BCUT2D eigenvalue weighted by Crippen LogP contribution is 2.38. The van der Waals surface area contributed by atoms with E-state index < -0.39 is 87.0 Å². The molecule has 0 radical (unpaired) electrons. The van der Waals surface area contributed by atoms with Crippen LogP contribution in [0.3, 0.4) is 0 Å². The van der Waals surface area contributed by atoms with Crippen LogP contribution in [0.4, 0.5) is 57.1 Å². The third-order valence-electron chi connectivity index (χ3n) is 9.83. The normalized spacial score (nSPS) is 12.1. The van der Waals surface area contributed by atoms with Crippen molar-refractivity contribution in [2.45, 2.75) is 39.5 Å². The zero-order valence-electron chi connectivity index (χ0n) is 31.8. The van der Waals surface area contributed by atoms with Crippen LogP contribution in [-0.4, -0.2) is 19.6 Å². The van der Waals surface area contributed by atoms with Crippen molar-refractivity contribution in [3.63, 3.8) is 0 Å². The van der Waals surface area contributed by atoms with Crippen LogP contribution in [0.2, 0.25) is 0 Å². The third kappa shape index (κ3) is 10.2. The molecule has 0 N–H and O–H groups in total. The minimum Gasteiger partial charge on any atom is -0.493 e. The molecule has 0 amide bonds. The van der Waals surface area contributed by atoms with Gasteiger partial charge in [-0.25, -0.2) is 43.9 Å². The second kappa shape index (κ2) is 18.2. The van der Waals surface area contributed by atoms with Crippen LogP contribution in [0.25, 0.3) is 44.5 Å². The first kappa shape index (κ1) is 44.4. The zero-order chi connectivity index (χ0) is 44.3. The van der Waals surface area contributed by atoms with E-state index in [1.54, 1.807) is 0 Å². The Bertz CT molecular complexity index is 2500. The van der Waals surface area contributed by atoms with E-state index in [0.29, 0.717) is 31.4 Å². The van der Waals surface area contributed by atoms with Gasteiger partial charge in [0.05, 0.1) is 24.3 Å². The molecule has 16 heteroatoms. The van der Waals surface area contributed by atoms with Gasteiger partial charge in [0.1, 0.15) is 58.0 Å². The van der Waals surface area contributed by atoms with Crippen molar-refractivity contribution in [2.75, 3.05) is 13.2 Å². The highest BCUT2D eigenvalue weighted by atomic mass is 19.4. The Hall–Kier alpha value is -6.19. The minimum atomic E-state index is -5.43. The number of hydrogen-bond acceptors (Lipinski definition) is 3. The molecule has 0 aliphatic carbocycles. The molecule has 61 heavy (non-hydrogen) atoms. The van der Waals surface area contributed by atoms with Gasteiger partial charge in [0.25, 0.3) is 0 Å². The highest BCUT2D eigenvalue weighted by molar-refractivity contribution is 5.74. The van der Waals surface area contributed by atoms with Gasteiger partial charge in [-0.15, -0.1) is 13.2 Å². The monoisotopic (exact) mass is 866 g/mol. The Balaban J connectivity index is 1.03. The first-order chi connectivity index (χ1) is 28.8. The zero-order valence-corrected chi connectivity index (χ0v) is 31.8. The summed E-state index contributed by atoms with van der Waals surface area (Å²) in [5.41, 5.74) is -3.94. The molecular formula is C45H31F13O3. The standard InChI is InChI=1S/C45H31F13O3/c1-3-23(8-10-59-28-4-6-30(34(48)20-28)24-12-36(50)42(37(51)13-24)26-16-32(46)22(2)33(47)17-26)9-11-60-29-5-7-31(35(49)21-29)25-14-38(52)43(39(53)15-25)27-18-40(54)44(41(55)19-27)61-45(56,57)58/h4-7,12-21,23H,3,8-11H2,1-2H3. The smallest absolute Gasteiger partial charge is 0.493 e. The van der Waals surface area contributed by atoms with E-state index in [0.717, 1.165) is 36.4 Å². The summed E-state index contributed by atoms with van der Waals surface area (Å²) in [6.07, 6.45) is -3.78. The Morgan fingerprint density at radius 3 is 1.16 bits per heavy atom. The number of rotatable bonds is 14. The minimum absolute atomic E-state index is 0.0352. The molecule has 0 saturated carbocycles. The van der Waals surface area contributed by atoms with Gasteiger partial charge in [-0.05, 0) is 121 Å². The van der Waals surface area contributed by atoms with E-state index >= 15 is 26.3 Å². The number of halogens is 13. The van der Waals surface area contributed by atoms with Gasteiger partial charge < -0.3 is 14.2 Å². The molecule has 0 aliphatic heterocycles. The van der Waals surface area contributed by atoms with Crippen molar-refractivity contribution in [1.82, 2.24) is 0 Å². The number of benzene rings is 6. The lowest BCUT2D eigenvalue weighted by Gasteiger charge is -2.17. The third-order valence-corrected chi connectivity index (χ3v) is 9.83. The molecule has 0 heterocycles. The van der Waals surface area contributed by atoms with E-state index in [-0.39, 0.29) is 76.1 Å². The molecule has 0 aliphatic rings. The van der Waals surface area contributed by atoms with Crippen molar-refractivity contribution in [1.29, 1.82) is 0 Å². The van der Waals surface area contributed by atoms with Crippen LogP contribution < -0.4 is 14.2 Å². The van der Waals surface area contributed by atoms with Gasteiger partial charge in [-0.2, -0.15) is 0 Å². The lowest BCUT2D eigenvalue weighted by molar-refractivity contribution is -0.276. The molecule has 0 aromatic heterocycles. The van der Waals surface area contributed by atoms with E-state index in [2.05, 4.69) is 4.74 Å². The average Bonchev–Trinajstić information content (AvgIpc) is 3.17. The highest BCUT2D eigenvalue weighted by Gasteiger charge is 2.34. The summed E-state index contributed by atoms with van der Waals surface area (Å²) in [6, 6.07) is 12.5. The number of ether oxygens (including phenoxy) is 3. The first-order valence-electron chi connectivity index (χ1n) is 18.4. The lowest BCUT2D eigenvalue weighted by atomic mass is 9.97. The fraction of sp³-hybridized carbons (Fsp3) is 0.200. The second-order valence-electron chi connectivity index (χ2n) is 13.8. The summed E-state index contributed by atoms with van der Waals surface area (Å²) in [6.45, 7) is 3.36. The van der Waals surface area contributed by atoms with Crippen LogP contribution in [0.5, 0.6) is 17.2 Å². The van der Waals surface area contributed by atoms with Gasteiger partial charge >= 0.3 is 6.36 Å². The van der Waals surface area contributed by atoms with Crippen molar-refractivity contribution >= 4 is 0 Å². The Morgan fingerprint density at radius 2 is 0.820 bits per heavy atom. The van der Waals surface area contributed by atoms with Crippen LogP contribution in [0.1, 0.15) is 31.7 Å². The van der Waals surface area contributed by atoms with Crippen LogP contribution in [0.15, 0.2) is 84.9 Å². The second-order valence-corrected chi connectivity index (χ2v) is 13.8. The van der Waals surface area contributed by atoms with Crippen molar-refractivity contribution in [3.8, 4) is 61.8 Å².